The van der Waals surface area contributed by atoms with Gasteiger partial charge in [0, 0.05) is 11.1 Å². The number of nitrogens with zero attached hydrogens (tertiary/aromatic N) is 1. The minimum absolute atomic E-state index is 0.0777. The molecule has 1 amide bonds. The molecule has 0 saturated carbocycles. The fourth-order valence-electron chi connectivity index (χ4n) is 3.14. The van der Waals surface area contributed by atoms with Gasteiger partial charge in [0.1, 0.15) is 0 Å². The van der Waals surface area contributed by atoms with Crippen LogP contribution in [0.25, 0.3) is 21.5 Å². The van der Waals surface area contributed by atoms with E-state index in [-0.39, 0.29) is 4.90 Å². The Labute approximate surface area is 194 Å². The van der Waals surface area contributed by atoms with E-state index in [1.165, 1.54) is 42.5 Å². The number of nitrogens with two attached hydrogens (primary N) is 1. The number of nitrogens with one attached hydrogen (secondary N) is 1. The average Bonchev–Trinajstić information content (AvgIpc) is 3.33. The van der Waals surface area contributed by atoms with Crippen LogP contribution in [0.2, 0.25) is 0 Å². The summed E-state index contributed by atoms with van der Waals surface area (Å²) in [4.78, 5) is 31.0. The molecule has 4 aromatic rings. The van der Waals surface area contributed by atoms with E-state index >= 15 is 0 Å². The molecule has 10 heteroatoms. The molecule has 0 aliphatic rings. The molecule has 0 unspecified atom stereocenters. The van der Waals surface area contributed by atoms with Crippen LogP contribution in [0, 0.1) is 0 Å². The van der Waals surface area contributed by atoms with Gasteiger partial charge < -0.3 is 10.1 Å². The number of carbonyl (C=O) groups excluding carboxylic acids is 2. The molecule has 168 valence electrons. The summed E-state index contributed by atoms with van der Waals surface area (Å²) in [5.41, 5.74) is 1.93. The summed E-state index contributed by atoms with van der Waals surface area (Å²) in [7, 11) is -3.84. The number of hydrogen-bond donors (Lipinski definition) is 2. The summed E-state index contributed by atoms with van der Waals surface area (Å²) in [6.45, 7) is 1.45. The lowest BCUT2D eigenvalue weighted by Crippen LogP contribution is -2.30. The first-order valence-corrected chi connectivity index (χ1v) is 12.2. The number of carbonyl (C=O) groups is 2. The average molecular weight is 482 g/mol. The highest BCUT2D eigenvalue weighted by molar-refractivity contribution is 7.89. The normalized spacial score (nSPS) is 12.3. The van der Waals surface area contributed by atoms with Gasteiger partial charge in [0.2, 0.25) is 10.0 Å². The van der Waals surface area contributed by atoms with Crippen LogP contribution in [0.4, 0.5) is 5.69 Å². The first-order chi connectivity index (χ1) is 15.7. The molecule has 0 bridgehead atoms. The minimum atomic E-state index is -3.84. The second-order valence-corrected chi connectivity index (χ2v) is 9.66. The van der Waals surface area contributed by atoms with E-state index in [0.29, 0.717) is 27.8 Å². The lowest BCUT2D eigenvalue weighted by atomic mass is 10.1. The number of sulfonamides is 1. The number of esters is 1. The number of benzene rings is 2. The summed E-state index contributed by atoms with van der Waals surface area (Å²) in [5.74, 6) is -1.22. The maximum absolute atomic E-state index is 13.0. The number of ether oxygens (including phenoxy) is 1. The molecule has 0 fully saturated rings. The third kappa shape index (κ3) is 5.08. The van der Waals surface area contributed by atoms with E-state index in [0.717, 1.165) is 4.88 Å². The van der Waals surface area contributed by atoms with Gasteiger partial charge in [-0.1, -0.05) is 24.3 Å². The zero-order valence-corrected chi connectivity index (χ0v) is 19.0. The maximum atomic E-state index is 13.0. The van der Waals surface area contributed by atoms with Crippen LogP contribution in [0.5, 0.6) is 0 Å². The van der Waals surface area contributed by atoms with Crippen molar-refractivity contribution in [1.29, 1.82) is 0 Å². The molecule has 33 heavy (non-hydrogen) atoms. The van der Waals surface area contributed by atoms with E-state index in [1.807, 2.05) is 29.6 Å². The van der Waals surface area contributed by atoms with Crippen LogP contribution < -0.4 is 10.5 Å². The Kier molecular flexibility index (Phi) is 6.23. The predicted molar refractivity (Wildman–Crippen MR) is 126 cm³/mol. The van der Waals surface area contributed by atoms with Crippen molar-refractivity contribution < 1.29 is 22.7 Å². The van der Waals surface area contributed by atoms with Crippen molar-refractivity contribution in [2.45, 2.75) is 17.9 Å². The van der Waals surface area contributed by atoms with Gasteiger partial charge in [-0.2, -0.15) is 0 Å². The number of thiophene rings is 1. The number of amides is 1. The minimum Gasteiger partial charge on any atom is -0.449 e. The first-order valence-electron chi connectivity index (χ1n) is 9.81. The number of hydrogen-bond acceptors (Lipinski definition) is 7. The smallest absolute Gasteiger partial charge is 0.339 e. The fourth-order valence-corrected chi connectivity index (χ4v) is 4.35. The number of para-hydroxylation sites is 1. The van der Waals surface area contributed by atoms with Gasteiger partial charge in [0.25, 0.3) is 5.91 Å². The van der Waals surface area contributed by atoms with Gasteiger partial charge in [-0.15, -0.1) is 11.3 Å². The molecule has 2 heterocycles. The predicted octanol–water partition coefficient (Wildman–Crippen LogP) is 3.79. The Morgan fingerprint density at radius 3 is 2.45 bits per heavy atom. The van der Waals surface area contributed by atoms with Crippen LogP contribution in [-0.4, -0.2) is 31.4 Å². The van der Waals surface area contributed by atoms with Gasteiger partial charge in [-0.05, 0) is 54.8 Å². The van der Waals surface area contributed by atoms with Crippen molar-refractivity contribution in [3.8, 4) is 10.6 Å². The molecule has 8 nitrogen and oxygen atoms in total. The zero-order valence-electron chi connectivity index (χ0n) is 17.4. The molecule has 0 saturated heterocycles. The Balaban J connectivity index is 1.53. The molecule has 2 aromatic carbocycles. The Bertz CT molecular complexity index is 1430. The number of primary sulfonamides is 1. The number of rotatable bonds is 6. The first kappa shape index (κ1) is 22.6. The number of aromatic nitrogens is 1. The molecule has 0 spiro atoms. The maximum Gasteiger partial charge on any atom is 0.339 e. The van der Waals surface area contributed by atoms with Crippen LogP contribution in [-0.2, 0) is 19.6 Å². The molecule has 4 rings (SSSR count). The van der Waals surface area contributed by atoms with Crippen LogP contribution in [0.1, 0.15) is 17.3 Å². The second kappa shape index (κ2) is 9.10. The van der Waals surface area contributed by atoms with Gasteiger partial charge in [-0.25, -0.2) is 23.3 Å². The van der Waals surface area contributed by atoms with Crippen LogP contribution >= 0.6 is 11.3 Å². The van der Waals surface area contributed by atoms with Crippen LogP contribution in [0.3, 0.4) is 0 Å². The molecular formula is C23H19N3O5S2. The standard InChI is InChI=1S/C23H19N3O5S2/c1-14(22(27)25-15-8-10-16(11-9-15)33(24,29)30)31-23(28)18-13-20(21-7-4-12-32-21)26-19-6-3-2-5-17(18)19/h2-14H,1H3,(H,25,27)(H2,24,29,30)/t14-/m1/s1. The Morgan fingerprint density at radius 2 is 1.79 bits per heavy atom. The molecule has 0 radical (unpaired) electrons. The lowest BCUT2D eigenvalue weighted by molar-refractivity contribution is -0.123. The highest BCUT2D eigenvalue weighted by Crippen LogP contribution is 2.28. The van der Waals surface area contributed by atoms with Gasteiger partial charge >= 0.3 is 5.97 Å². The zero-order chi connectivity index (χ0) is 23.6. The molecule has 3 N–H and O–H groups in total. The lowest BCUT2D eigenvalue weighted by Gasteiger charge is -2.15. The summed E-state index contributed by atoms with van der Waals surface area (Å²) in [6, 6.07) is 18.0. The second-order valence-electron chi connectivity index (χ2n) is 7.16. The topological polar surface area (TPSA) is 128 Å². The summed E-state index contributed by atoms with van der Waals surface area (Å²) in [5, 5.41) is 10.2. The number of pyridine rings is 1. The van der Waals surface area contributed by atoms with Crippen molar-refractivity contribution in [3.05, 3.63) is 77.7 Å². The third-order valence-corrected chi connectivity index (χ3v) is 6.63. The monoisotopic (exact) mass is 481 g/mol. The van der Waals surface area contributed by atoms with Gasteiger partial charge in [-0.3, -0.25) is 4.79 Å². The Hall–Kier alpha value is -3.60. The van der Waals surface area contributed by atoms with E-state index in [2.05, 4.69) is 10.3 Å². The van der Waals surface area contributed by atoms with Crippen molar-refractivity contribution in [2.24, 2.45) is 5.14 Å². The van der Waals surface area contributed by atoms with E-state index in [4.69, 9.17) is 9.88 Å². The third-order valence-electron chi connectivity index (χ3n) is 4.81. The summed E-state index contributed by atoms with van der Waals surface area (Å²) < 4.78 is 28.1. The largest absolute Gasteiger partial charge is 0.449 e. The quantitative estimate of drug-likeness (QED) is 0.403. The van der Waals surface area contributed by atoms with Crippen molar-refractivity contribution in [1.82, 2.24) is 4.98 Å². The van der Waals surface area contributed by atoms with E-state index in [1.54, 1.807) is 18.2 Å². The van der Waals surface area contributed by atoms with Crippen molar-refractivity contribution in [3.63, 3.8) is 0 Å². The molecule has 0 aliphatic heterocycles. The van der Waals surface area contributed by atoms with E-state index < -0.39 is 28.0 Å². The SMILES string of the molecule is C[C@@H](OC(=O)c1cc(-c2cccs2)nc2ccccc12)C(=O)Nc1ccc(S(N)(=O)=O)cc1. The van der Waals surface area contributed by atoms with Crippen molar-refractivity contribution >= 4 is 49.8 Å². The highest BCUT2D eigenvalue weighted by atomic mass is 32.2. The number of fused-ring (bicyclic) bond motifs is 1. The van der Waals surface area contributed by atoms with Crippen molar-refractivity contribution in [2.75, 3.05) is 5.32 Å². The molecule has 0 aliphatic carbocycles. The molecule has 2 aromatic heterocycles. The van der Waals surface area contributed by atoms with E-state index in [9.17, 15) is 18.0 Å². The Morgan fingerprint density at radius 1 is 1.06 bits per heavy atom. The van der Waals surface area contributed by atoms with Gasteiger partial charge in [0.05, 0.1) is 26.5 Å². The molecular weight excluding hydrogens is 462 g/mol. The molecule has 1 atom stereocenters. The van der Waals surface area contributed by atoms with Gasteiger partial charge in [0.15, 0.2) is 6.10 Å². The van der Waals surface area contributed by atoms with Crippen LogP contribution in [0.15, 0.2) is 77.0 Å². The fraction of sp³-hybridized carbons (Fsp3) is 0.0870. The summed E-state index contributed by atoms with van der Waals surface area (Å²) >= 11 is 1.50. The number of anilines is 1. The highest BCUT2D eigenvalue weighted by Gasteiger charge is 2.22. The summed E-state index contributed by atoms with van der Waals surface area (Å²) in [6.07, 6.45) is -1.10.